The number of rotatable bonds is 5. The molecular formula is C11H16F3N3O2S. The smallest absolute Gasteiger partial charge is 0.397 e. The third-order valence-corrected chi connectivity index (χ3v) is 3.45. The monoisotopic (exact) mass is 311 g/mol. The van der Waals surface area contributed by atoms with E-state index in [4.69, 9.17) is 10.9 Å². The minimum atomic E-state index is -4.42. The lowest BCUT2D eigenvalue weighted by Gasteiger charge is -2.27. The fourth-order valence-electron chi connectivity index (χ4n) is 1.75. The SMILES string of the molecule is CCCN(CC(F)(F)F)c1cc(S(N)(=O)=O)ccc1N. The standard InChI is InChI=1S/C11H16F3N3O2S/c1-2-5-17(7-11(12,13)14)10-6-8(20(16,18)19)3-4-9(10)15/h3-4,6H,2,5,7,15H2,1H3,(H2,16,18,19). The van der Waals surface area contributed by atoms with Crippen molar-refractivity contribution >= 4 is 21.4 Å². The molecule has 1 aromatic carbocycles. The Bertz CT molecular complexity index is 573. The second-order valence-electron chi connectivity index (χ2n) is 4.30. The number of anilines is 2. The van der Waals surface area contributed by atoms with Crippen LogP contribution in [0, 0.1) is 0 Å². The van der Waals surface area contributed by atoms with Gasteiger partial charge in [0.1, 0.15) is 6.54 Å². The van der Waals surface area contributed by atoms with Crippen LogP contribution in [-0.4, -0.2) is 27.7 Å². The number of nitrogens with zero attached hydrogens (tertiary/aromatic N) is 1. The Morgan fingerprint density at radius 1 is 1.30 bits per heavy atom. The van der Waals surface area contributed by atoms with Gasteiger partial charge >= 0.3 is 6.18 Å². The average molecular weight is 311 g/mol. The lowest BCUT2D eigenvalue weighted by Crippen LogP contribution is -2.35. The van der Waals surface area contributed by atoms with Crippen molar-refractivity contribution in [1.82, 2.24) is 0 Å². The molecule has 0 unspecified atom stereocenters. The van der Waals surface area contributed by atoms with Gasteiger partial charge in [-0.05, 0) is 24.6 Å². The van der Waals surface area contributed by atoms with Crippen LogP contribution in [-0.2, 0) is 10.0 Å². The van der Waals surface area contributed by atoms with Crippen LogP contribution in [0.5, 0.6) is 0 Å². The van der Waals surface area contributed by atoms with Crippen molar-refractivity contribution in [2.75, 3.05) is 23.7 Å². The second-order valence-corrected chi connectivity index (χ2v) is 5.86. The van der Waals surface area contributed by atoms with Gasteiger partial charge < -0.3 is 10.6 Å². The van der Waals surface area contributed by atoms with Crippen molar-refractivity contribution in [1.29, 1.82) is 0 Å². The van der Waals surface area contributed by atoms with E-state index in [1.807, 2.05) is 0 Å². The average Bonchev–Trinajstić information content (AvgIpc) is 2.25. The van der Waals surface area contributed by atoms with Crippen LogP contribution in [0.25, 0.3) is 0 Å². The molecule has 114 valence electrons. The van der Waals surface area contributed by atoms with E-state index in [-0.39, 0.29) is 22.8 Å². The van der Waals surface area contributed by atoms with Crippen LogP contribution in [0.2, 0.25) is 0 Å². The zero-order valence-corrected chi connectivity index (χ0v) is 11.6. The lowest BCUT2D eigenvalue weighted by molar-refractivity contribution is -0.119. The van der Waals surface area contributed by atoms with Crippen molar-refractivity contribution in [3.05, 3.63) is 18.2 Å². The van der Waals surface area contributed by atoms with Gasteiger partial charge in [-0.1, -0.05) is 6.92 Å². The maximum absolute atomic E-state index is 12.6. The molecule has 0 aliphatic rings. The van der Waals surface area contributed by atoms with E-state index in [1.165, 1.54) is 6.07 Å². The summed E-state index contributed by atoms with van der Waals surface area (Å²) in [6, 6.07) is 3.45. The topological polar surface area (TPSA) is 89.4 Å². The Morgan fingerprint density at radius 3 is 2.35 bits per heavy atom. The molecule has 0 heterocycles. The zero-order chi connectivity index (χ0) is 15.6. The second kappa shape index (κ2) is 5.88. The predicted molar refractivity (Wildman–Crippen MR) is 70.8 cm³/mol. The number of primary sulfonamides is 1. The predicted octanol–water partition coefficient (Wildman–Crippen LogP) is 1.69. The van der Waals surface area contributed by atoms with E-state index in [9.17, 15) is 21.6 Å². The highest BCUT2D eigenvalue weighted by Crippen LogP contribution is 2.29. The Balaban J connectivity index is 3.25. The highest BCUT2D eigenvalue weighted by atomic mass is 32.2. The number of hydrogen-bond donors (Lipinski definition) is 2. The van der Waals surface area contributed by atoms with Crippen molar-refractivity contribution in [3.63, 3.8) is 0 Å². The quantitative estimate of drug-likeness (QED) is 0.810. The van der Waals surface area contributed by atoms with Crippen LogP contribution < -0.4 is 15.8 Å². The van der Waals surface area contributed by atoms with Gasteiger partial charge in [0.15, 0.2) is 0 Å². The van der Waals surface area contributed by atoms with Gasteiger partial charge in [0.05, 0.1) is 16.3 Å². The summed E-state index contributed by atoms with van der Waals surface area (Å²) in [6.45, 7) is 0.597. The molecule has 0 radical (unpaired) electrons. The fraction of sp³-hybridized carbons (Fsp3) is 0.455. The van der Waals surface area contributed by atoms with Crippen molar-refractivity contribution in [3.8, 4) is 0 Å². The molecule has 0 bridgehead atoms. The first-order chi connectivity index (χ1) is 9.04. The Morgan fingerprint density at radius 2 is 1.90 bits per heavy atom. The molecule has 0 aliphatic heterocycles. The number of benzene rings is 1. The van der Waals surface area contributed by atoms with E-state index >= 15 is 0 Å². The third-order valence-electron chi connectivity index (χ3n) is 2.53. The van der Waals surface area contributed by atoms with E-state index in [0.29, 0.717) is 6.42 Å². The minimum Gasteiger partial charge on any atom is -0.397 e. The number of nitrogen functional groups attached to an aromatic ring is 1. The lowest BCUT2D eigenvalue weighted by atomic mass is 10.2. The van der Waals surface area contributed by atoms with Crippen LogP contribution in [0.3, 0.4) is 0 Å². The van der Waals surface area contributed by atoms with Crippen molar-refractivity contribution in [2.45, 2.75) is 24.4 Å². The molecule has 0 saturated heterocycles. The molecule has 0 saturated carbocycles. The summed E-state index contributed by atoms with van der Waals surface area (Å²) in [5.74, 6) is 0. The summed E-state index contributed by atoms with van der Waals surface area (Å²) in [5.41, 5.74) is 5.71. The molecule has 0 atom stereocenters. The van der Waals surface area contributed by atoms with E-state index < -0.39 is 22.7 Å². The first-order valence-electron chi connectivity index (χ1n) is 5.78. The molecular weight excluding hydrogens is 295 g/mol. The number of sulfonamides is 1. The third kappa shape index (κ3) is 4.57. The van der Waals surface area contributed by atoms with Crippen molar-refractivity contribution in [2.24, 2.45) is 5.14 Å². The summed E-state index contributed by atoms with van der Waals surface area (Å²) < 4.78 is 60.2. The highest BCUT2D eigenvalue weighted by Gasteiger charge is 2.31. The fourth-order valence-corrected chi connectivity index (χ4v) is 2.28. The van der Waals surface area contributed by atoms with Crippen LogP contribution in [0.1, 0.15) is 13.3 Å². The maximum Gasteiger partial charge on any atom is 0.405 e. The molecule has 0 spiro atoms. The highest BCUT2D eigenvalue weighted by molar-refractivity contribution is 7.89. The summed E-state index contributed by atoms with van der Waals surface area (Å²) in [4.78, 5) is 0.717. The molecule has 0 aliphatic carbocycles. The molecule has 9 heteroatoms. The first-order valence-corrected chi connectivity index (χ1v) is 7.33. The van der Waals surface area contributed by atoms with Crippen LogP contribution >= 0.6 is 0 Å². The largest absolute Gasteiger partial charge is 0.405 e. The van der Waals surface area contributed by atoms with E-state index in [1.54, 1.807) is 6.92 Å². The molecule has 4 N–H and O–H groups in total. The van der Waals surface area contributed by atoms with Gasteiger partial charge in [-0.25, -0.2) is 13.6 Å². The summed E-state index contributed by atoms with van der Waals surface area (Å²) in [5, 5.41) is 4.97. The van der Waals surface area contributed by atoms with Gasteiger partial charge in [-0.2, -0.15) is 13.2 Å². The van der Waals surface area contributed by atoms with Gasteiger partial charge in [-0.3, -0.25) is 0 Å². The first kappa shape index (κ1) is 16.6. The molecule has 0 aromatic heterocycles. The summed E-state index contributed by atoms with van der Waals surface area (Å²) in [7, 11) is -4.00. The Kier molecular flexibility index (Phi) is 4.87. The molecule has 20 heavy (non-hydrogen) atoms. The molecule has 1 rings (SSSR count). The molecule has 5 nitrogen and oxygen atoms in total. The van der Waals surface area contributed by atoms with Gasteiger partial charge in [0, 0.05) is 6.54 Å². The number of nitrogens with two attached hydrogens (primary N) is 2. The zero-order valence-electron chi connectivity index (χ0n) is 10.8. The van der Waals surface area contributed by atoms with Gasteiger partial charge in [0.25, 0.3) is 0 Å². The van der Waals surface area contributed by atoms with E-state index in [0.717, 1.165) is 17.0 Å². The molecule has 1 aromatic rings. The molecule has 0 amide bonds. The summed E-state index contributed by atoms with van der Waals surface area (Å²) >= 11 is 0. The van der Waals surface area contributed by atoms with Crippen molar-refractivity contribution < 1.29 is 21.6 Å². The number of alkyl halides is 3. The van der Waals surface area contributed by atoms with Crippen LogP contribution in [0.4, 0.5) is 24.5 Å². The minimum absolute atomic E-state index is 0.00991. The summed E-state index contributed by atoms with van der Waals surface area (Å²) in [6.07, 6.45) is -3.96. The number of hydrogen-bond acceptors (Lipinski definition) is 4. The number of halogens is 3. The van der Waals surface area contributed by atoms with Crippen LogP contribution in [0.15, 0.2) is 23.1 Å². The Hall–Kier alpha value is -1.48. The Labute approximate surface area is 115 Å². The van der Waals surface area contributed by atoms with Gasteiger partial charge in [0.2, 0.25) is 10.0 Å². The van der Waals surface area contributed by atoms with Gasteiger partial charge in [-0.15, -0.1) is 0 Å². The maximum atomic E-state index is 12.6. The molecule has 0 fully saturated rings. The van der Waals surface area contributed by atoms with E-state index in [2.05, 4.69) is 0 Å². The normalized spacial score (nSPS) is 12.4.